The number of amides is 1. The van der Waals surface area contributed by atoms with Crippen molar-refractivity contribution in [3.05, 3.63) is 80.7 Å². The molecule has 8 heteroatoms. The van der Waals surface area contributed by atoms with Gasteiger partial charge in [0.05, 0.1) is 11.7 Å². The van der Waals surface area contributed by atoms with E-state index in [1.54, 1.807) is 57.2 Å². The van der Waals surface area contributed by atoms with Crippen LogP contribution >= 0.6 is 11.6 Å². The van der Waals surface area contributed by atoms with Crippen LogP contribution in [-0.2, 0) is 11.3 Å². The summed E-state index contributed by atoms with van der Waals surface area (Å²) in [6.45, 7) is 4.87. The van der Waals surface area contributed by atoms with Crippen LogP contribution in [0.5, 0.6) is 0 Å². The molecule has 0 spiro atoms. The lowest BCUT2D eigenvalue weighted by molar-refractivity contribution is -0.122. The van der Waals surface area contributed by atoms with E-state index in [0.29, 0.717) is 27.7 Å². The average Bonchev–Trinajstić information content (AvgIpc) is 2.91. The van der Waals surface area contributed by atoms with Crippen LogP contribution in [-0.4, -0.2) is 20.3 Å². The van der Waals surface area contributed by atoms with E-state index in [9.17, 15) is 14.0 Å². The summed E-state index contributed by atoms with van der Waals surface area (Å²) in [6, 6.07) is 11.2. The van der Waals surface area contributed by atoms with Gasteiger partial charge >= 0.3 is 5.69 Å². The molecule has 1 atom stereocenters. The molecule has 1 N–H and O–H groups in total. The number of hydrogen-bond acceptors (Lipinski definition) is 3. The number of carbonyl (C=O) groups is 1. The number of aromatic nitrogens is 3. The first-order chi connectivity index (χ1) is 13.3. The third-order valence-electron chi connectivity index (χ3n) is 4.45. The van der Waals surface area contributed by atoms with Crippen molar-refractivity contribution in [2.75, 3.05) is 0 Å². The molecule has 0 aliphatic carbocycles. The zero-order chi connectivity index (χ0) is 20.4. The van der Waals surface area contributed by atoms with Gasteiger partial charge in [0, 0.05) is 5.02 Å². The fraction of sp³-hybridized carbons (Fsp3) is 0.250. The molecule has 0 saturated heterocycles. The molecule has 3 rings (SSSR count). The van der Waals surface area contributed by atoms with Gasteiger partial charge in [0.2, 0.25) is 5.91 Å². The van der Waals surface area contributed by atoms with E-state index in [4.69, 9.17) is 11.6 Å². The lowest BCUT2D eigenvalue weighted by Gasteiger charge is -2.14. The number of nitrogens with one attached hydrogen (secondary N) is 1. The van der Waals surface area contributed by atoms with Crippen LogP contribution in [0.25, 0.3) is 5.69 Å². The molecule has 2 aromatic carbocycles. The predicted molar refractivity (Wildman–Crippen MR) is 105 cm³/mol. The summed E-state index contributed by atoms with van der Waals surface area (Å²) < 4.78 is 16.2. The molecule has 3 aromatic rings. The maximum absolute atomic E-state index is 13.7. The van der Waals surface area contributed by atoms with Gasteiger partial charge in [0.15, 0.2) is 0 Å². The maximum Gasteiger partial charge on any atom is 0.351 e. The van der Waals surface area contributed by atoms with Gasteiger partial charge in [-0.05, 0) is 62.2 Å². The Morgan fingerprint density at radius 3 is 2.54 bits per heavy atom. The lowest BCUT2D eigenvalue weighted by Crippen LogP contribution is -2.34. The highest BCUT2D eigenvalue weighted by atomic mass is 35.5. The zero-order valence-corrected chi connectivity index (χ0v) is 16.5. The SMILES string of the molecule is Cc1ccc([C@H](C)NC(=O)Cn2nc(C)n(-c3ccc(Cl)cc3)c2=O)cc1F. The van der Waals surface area contributed by atoms with Crippen molar-refractivity contribution in [2.24, 2.45) is 0 Å². The Labute approximate surface area is 166 Å². The molecule has 28 heavy (non-hydrogen) atoms. The van der Waals surface area contributed by atoms with Gasteiger partial charge in [-0.2, -0.15) is 5.10 Å². The second kappa shape index (κ2) is 7.98. The Hall–Kier alpha value is -2.93. The van der Waals surface area contributed by atoms with Crippen molar-refractivity contribution < 1.29 is 9.18 Å². The molecule has 0 aliphatic rings. The van der Waals surface area contributed by atoms with Gasteiger partial charge in [-0.1, -0.05) is 23.7 Å². The number of halogens is 2. The summed E-state index contributed by atoms with van der Waals surface area (Å²) in [7, 11) is 0. The first-order valence-electron chi connectivity index (χ1n) is 8.74. The first-order valence-corrected chi connectivity index (χ1v) is 9.12. The van der Waals surface area contributed by atoms with Crippen molar-refractivity contribution in [2.45, 2.75) is 33.4 Å². The molecule has 0 aliphatic heterocycles. The molecule has 0 unspecified atom stereocenters. The van der Waals surface area contributed by atoms with Gasteiger partial charge in [0.25, 0.3) is 0 Å². The highest BCUT2D eigenvalue weighted by Crippen LogP contribution is 2.16. The highest BCUT2D eigenvalue weighted by molar-refractivity contribution is 6.30. The molecule has 146 valence electrons. The third kappa shape index (κ3) is 4.14. The van der Waals surface area contributed by atoms with Crippen LogP contribution in [0.4, 0.5) is 4.39 Å². The maximum atomic E-state index is 13.7. The minimum Gasteiger partial charge on any atom is -0.348 e. The molecule has 0 saturated carbocycles. The standard InChI is InChI=1S/C20H20ClFN4O2/c1-12-4-5-15(10-18(12)22)13(2)23-19(27)11-25-20(28)26(14(3)24-25)17-8-6-16(21)7-9-17/h4-10,13H,11H2,1-3H3,(H,23,27)/t13-/m0/s1. The van der Waals surface area contributed by atoms with Gasteiger partial charge < -0.3 is 5.32 Å². The van der Waals surface area contributed by atoms with Crippen molar-refractivity contribution in [1.29, 1.82) is 0 Å². The Morgan fingerprint density at radius 2 is 1.89 bits per heavy atom. The minimum atomic E-state index is -0.427. The molecule has 1 amide bonds. The minimum absolute atomic E-state index is 0.237. The van der Waals surface area contributed by atoms with Gasteiger partial charge in [-0.15, -0.1) is 0 Å². The molecule has 0 fully saturated rings. The summed E-state index contributed by atoms with van der Waals surface area (Å²) in [5, 5.41) is 7.49. The first kappa shape index (κ1) is 19.8. The van der Waals surface area contributed by atoms with Gasteiger partial charge in [0.1, 0.15) is 18.2 Å². The summed E-state index contributed by atoms with van der Waals surface area (Å²) in [6.07, 6.45) is 0. The molecular formula is C20H20ClFN4O2. The van der Waals surface area contributed by atoms with E-state index >= 15 is 0 Å². The average molecular weight is 403 g/mol. The van der Waals surface area contributed by atoms with Crippen molar-refractivity contribution in [3.8, 4) is 5.69 Å². The topological polar surface area (TPSA) is 68.9 Å². The van der Waals surface area contributed by atoms with Crippen molar-refractivity contribution in [1.82, 2.24) is 19.7 Å². The molecule has 0 radical (unpaired) electrons. The third-order valence-corrected chi connectivity index (χ3v) is 4.70. The number of benzene rings is 2. The van der Waals surface area contributed by atoms with Gasteiger partial charge in [-0.3, -0.25) is 4.79 Å². The molecule has 6 nitrogen and oxygen atoms in total. The van der Waals surface area contributed by atoms with E-state index in [-0.39, 0.29) is 12.4 Å². The second-order valence-corrected chi connectivity index (χ2v) is 7.03. The van der Waals surface area contributed by atoms with E-state index < -0.39 is 17.6 Å². The number of aryl methyl sites for hydroxylation is 2. The van der Waals surface area contributed by atoms with E-state index in [1.165, 1.54) is 10.6 Å². The fourth-order valence-corrected chi connectivity index (χ4v) is 3.02. The Bertz CT molecular complexity index is 1070. The van der Waals surface area contributed by atoms with Crippen molar-refractivity contribution in [3.63, 3.8) is 0 Å². The summed E-state index contributed by atoms with van der Waals surface area (Å²) in [5.41, 5.74) is 1.37. The quantitative estimate of drug-likeness (QED) is 0.711. The Kier molecular flexibility index (Phi) is 5.65. The predicted octanol–water partition coefficient (Wildman–Crippen LogP) is 3.32. The lowest BCUT2D eigenvalue weighted by atomic mass is 10.1. The molecule has 1 heterocycles. The number of hydrogen-bond donors (Lipinski definition) is 1. The Morgan fingerprint density at radius 1 is 1.21 bits per heavy atom. The largest absolute Gasteiger partial charge is 0.351 e. The normalized spacial score (nSPS) is 12.0. The number of carbonyl (C=O) groups excluding carboxylic acids is 1. The van der Waals surface area contributed by atoms with E-state index in [1.807, 2.05) is 0 Å². The highest BCUT2D eigenvalue weighted by Gasteiger charge is 2.16. The second-order valence-electron chi connectivity index (χ2n) is 6.60. The monoisotopic (exact) mass is 402 g/mol. The zero-order valence-electron chi connectivity index (χ0n) is 15.7. The van der Waals surface area contributed by atoms with Gasteiger partial charge in [-0.25, -0.2) is 18.4 Å². The van der Waals surface area contributed by atoms with E-state index in [2.05, 4.69) is 10.4 Å². The molecule has 1 aromatic heterocycles. The summed E-state index contributed by atoms with van der Waals surface area (Å²) in [4.78, 5) is 25.0. The van der Waals surface area contributed by atoms with Crippen LogP contribution in [0, 0.1) is 19.7 Å². The Balaban J connectivity index is 1.75. The summed E-state index contributed by atoms with van der Waals surface area (Å²) in [5.74, 6) is -0.266. The fourth-order valence-electron chi connectivity index (χ4n) is 2.89. The number of rotatable bonds is 5. The van der Waals surface area contributed by atoms with Crippen LogP contribution in [0.1, 0.15) is 29.9 Å². The molecule has 0 bridgehead atoms. The molecular weight excluding hydrogens is 383 g/mol. The van der Waals surface area contributed by atoms with Crippen LogP contribution < -0.4 is 11.0 Å². The van der Waals surface area contributed by atoms with Crippen LogP contribution in [0.3, 0.4) is 0 Å². The summed E-state index contributed by atoms with van der Waals surface area (Å²) >= 11 is 5.89. The number of nitrogens with zero attached hydrogens (tertiary/aromatic N) is 3. The van der Waals surface area contributed by atoms with Crippen molar-refractivity contribution >= 4 is 17.5 Å². The van der Waals surface area contributed by atoms with E-state index in [0.717, 1.165) is 4.68 Å². The van der Waals surface area contributed by atoms with Crippen LogP contribution in [0.2, 0.25) is 5.02 Å². The van der Waals surface area contributed by atoms with Crippen LogP contribution in [0.15, 0.2) is 47.3 Å². The smallest absolute Gasteiger partial charge is 0.348 e.